The van der Waals surface area contributed by atoms with Crippen molar-refractivity contribution in [2.75, 3.05) is 18.9 Å². The number of amidine groups is 1. The summed E-state index contributed by atoms with van der Waals surface area (Å²) < 4.78 is 4.86. The van der Waals surface area contributed by atoms with E-state index in [0.717, 1.165) is 10.9 Å². The number of carbonyl (C=O) groups is 1. The summed E-state index contributed by atoms with van der Waals surface area (Å²) in [5.41, 5.74) is 1.27. The standard InChI is InChI=1S/C14H18N2O2S/c1-2-18-13(17)8-9-15-14-16-12(10-19-14)11-6-4-3-5-7-11/h3-7,12H,2,8-10H2,1H3,(H,15,16). The van der Waals surface area contributed by atoms with Crippen LogP contribution >= 0.6 is 11.8 Å². The van der Waals surface area contributed by atoms with E-state index in [0.29, 0.717) is 25.6 Å². The van der Waals surface area contributed by atoms with Crippen molar-refractivity contribution in [2.45, 2.75) is 19.4 Å². The second-order valence-corrected chi connectivity index (χ2v) is 5.17. The van der Waals surface area contributed by atoms with Gasteiger partial charge in [-0.25, -0.2) is 0 Å². The second-order valence-electron chi connectivity index (χ2n) is 4.16. The predicted octanol–water partition coefficient (Wildman–Crippen LogP) is 2.37. The largest absolute Gasteiger partial charge is 0.466 e. The van der Waals surface area contributed by atoms with Gasteiger partial charge >= 0.3 is 5.97 Å². The highest BCUT2D eigenvalue weighted by Gasteiger charge is 2.21. The number of carbonyl (C=O) groups excluding carboxylic acids is 1. The molecule has 1 aliphatic heterocycles. The van der Waals surface area contributed by atoms with E-state index in [1.807, 2.05) is 25.1 Å². The van der Waals surface area contributed by atoms with Crippen LogP contribution in [-0.4, -0.2) is 30.0 Å². The SMILES string of the molecule is CCOC(=O)CCN=C1NC(c2ccccc2)CS1. The van der Waals surface area contributed by atoms with Crippen LogP contribution in [0, 0.1) is 0 Å². The van der Waals surface area contributed by atoms with Crippen LogP contribution in [0.4, 0.5) is 0 Å². The zero-order valence-corrected chi connectivity index (χ0v) is 11.8. The summed E-state index contributed by atoms with van der Waals surface area (Å²) in [7, 11) is 0. The Kier molecular flexibility index (Phi) is 5.27. The zero-order valence-electron chi connectivity index (χ0n) is 11.0. The molecule has 1 N–H and O–H groups in total. The normalized spacial score (nSPS) is 20.3. The van der Waals surface area contributed by atoms with E-state index in [1.54, 1.807) is 11.8 Å². The second kappa shape index (κ2) is 7.19. The third kappa shape index (κ3) is 4.28. The number of nitrogens with one attached hydrogen (secondary N) is 1. The Balaban J connectivity index is 1.80. The number of hydrogen-bond acceptors (Lipinski definition) is 4. The number of thioether (sulfide) groups is 1. The first-order chi connectivity index (χ1) is 9.29. The average molecular weight is 278 g/mol. The van der Waals surface area contributed by atoms with Crippen molar-refractivity contribution < 1.29 is 9.53 Å². The van der Waals surface area contributed by atoms with Gasteiger partial charge in [0.15, 0.2) is 5.17 Å². The Hall–Kier alpha value is -1.49. The maximum Gasteiger partial charge on any atom is 0.307 e. The quantitative estimate of drug-likeness (QED) is 0.840. The molecule has 1 aromatic carbocycles. The Morgan fingerprint density at radius 1 is 1.47 bits per heavy atom. The number of nitrogens with zero attached hydrogens (tertiary/aromatic N) is 1. The molecule has 2 rings (SSSR count). The molecule has 0 amide bonds. The zero-order chi connectivity index (χ0) is 13.5. The van der Waals surface area contributed by atoms with Crippen molar-refractivity contribution >= 4 is 22.9 Å². The molecule has 5 heteroatoms. The molecule has 4 nitrogen and oxygen atoms in total. The van der Waals surface area contributed by atoms with Gasteiger partial charge in [-0.05, 0) is 12.5 Å². The summed E-state index contributed by atoms with van der Waals surface area (Å²) in [5, 5.41) is 4.29. The van der Waals surface area contributed by atoms with Gasteiger partial charge in [-0.2, -0.15) is 0 Å². The van der Waals surface area contributed by atoms with Crippen molar-refractivity contribution in [2.24, 2.45) is 4.99 Å². The van der Waals surface area contributed by atoms with E-state index in [-0.39, 0.29) is 5.97 Å². The van der Waals surface area contributed by atoms with Gasteiger partial charge in [0.1, 0.15) is 0 Å². The molecule has 1 aliphatic rings. The van der Waals surface area contributed by atoms with Gasteiger partial charge in [0, 0.05) is 5.75 Å². The number of esters is 1. The van der Waals surface area contributed by atoms with Gasteiger partial charge in [-0.3, -0.25) is 9.79 Å². The number of hydrogen-bond donors (Lipinski definition) is 1. The lowest BCUT2D eigenvalue weighted by atomic mass is 10.1. The van der Waals surface area contributed by atoms with Crippen molar-refractivity contribution in [3.05, 3.63) is 35.9 Å². The molecule has 1 saturated heterocycles. The summed E-state index contributed by atoms with van der Waals surface area (Å²) in [6.07, 6.45) is 0.343. The third-order valence-electron chi connectivity index (χ3n) is 2.76. The summed E-state index contributed by atoms with van der Waals surface area (Å²) in [4.78, 5) is 15.6. The molecule has 0 radical (unpaired) electrons. The monoisotopic (exact) mass is 278 g/mol. The molecule has 0 aromatic heterocycles. The van der Waals surface area contributed by atoms with E-state index in [1.165, 1.54) is 5.56 Å². The van der Waals surface area contributed by atoms with Crippen molar-refractivity contribution in [3.63, 3.8) is 0 Å². The lowest BCUT2D eigenvalue weighted by Crippen LogP contribution is -2.19. The number of rotatable bonds is 5. The fraction of sp³-hybridized carbons (Fsp3) is 0.429. The van der Waals surface area contributed by atoms with E-state index < -0.39 is 0 Å². The van der Waals surface area contributed by atoms with E-state index in [2.05, 4.69) is 22.4 Å². The fourth-order valence-corrected chi connectivity index (χ4v) is 2.84. The topological polar surface area (TPSA) is 50.7 Å². The third-order valence-corrected chi connectivity index (χ3v) is 3.78. The number of benzene rings is 1. The highest BCUT2D eigenvalue weighted by Crippen LogP contribution is 2.25. The van der Waals surface area contributed by atoms with Crippen molar-refractivity contribution in [1.29, 1.82) is 0 Å². The van der Waals surface area contributed by atoms with Crippen LogP contribution in [0.25, 0.3) is 0 Å². The Morgan fingerprint density at radius 2 is 2.26 bits per heavy atom. The number of aliphatic imine (C=N–C) groups is 1. The van der Waals surface area contributed by atoms with Crippen LogP contribution < -0.4 is 5.32 Å². The molecule has 0 bridgehead atoms. The van der Waals surface area contributed by atoms with Gasteiger partial charge in [0.05, 0.1) is 25.6 Å². The van der Waals surface area contributed by atoms with Gasteiger partial charge < -0.3 is 10.1 Å². The molecule has 0 saturated carbocycles. The van der Waals surface area contributed by atoms with E-state index >= 15 is 0 Å². The lowest BCUT2D eigenvalue weighted by Gasteiger charge is -2.09. The molecular formula is C14H18N2O2S. The minimum absolute atomic E-state index is 0.186. The van der Waals surface area contributed by atoms with E-state index in [4.69, 9.17) is 4.74 Å². The van der Waals surface area contributed by atoms with E-state index in [9.17, 15) is 4.79 Å². The summed E-state index contributed by atoms with van der Waals surface area (Å²) in [6.45, 7) is 2.72. The molecule has 1 atom stereocenters. The van der Waals surface area contributed by atoms with Crippen LogP contribution in [-0.2, 0) is 9.53 Å². The Labute approximate surface area is 117 Å². The van der Waals surface area contributed by atoms with Crippen LogP contribution in [0.15, 0.2) is 35.3 Å². The molecule has 1 aromatic rings. The molecular weight excluding hydrogens is 260 g/mol. The van der Waals surface area contributed by atoms with Gasteiger partial charge in [-0.15, -0.1) is 0 Å². The summed E-state index contributed by atoms with van der Waals surface area (Å²) >= 11 is 1.70. The van der Waals surface area contributed by atoms with Gasteiger partial charge in [0.25, 0.3) is 0 Å². The maximum absolute atomic E-state index is 11.2. The highest BCUT2D eigenvalue weighted by atomic mass is 32.2. The van der Waals surface area contributed by atoms with Crippen LogP contribution in [0.1, 0.15) is 24.9 Å². The summed E-state index contributed by atoms with van der Waals surface area (Å²) in [6, 6.07) is 10.6. The molecule has 1 heterocycles. The highest BCUT2D eigenvalue weighted by molar-refractivity contribution is 8.14. The van der Waals surface area contributed by atoms with Gasteiger partial charge in [0.2, 0.25) is 0 Å². The first-order valence-corrected chi connectivity index (χ1v) is 7.42. The lowest BCUT2D eigenvalue weighted by molar-refractivity contribution is -0.142. The smallest absolute Gasteiger partial charge is 0.307 e. The minimum atomic E-state index is -0.186. The Bertz CT molecular complexity index is 448. The number of ether oxygens (including phenoxy) is 1. The molecule has 0 aliphatic carbocycles. The molecule has 1 unspecified atom stereocenters. The first-order valence-electron chi connectivity index (χ1n) is 6.44. The maximum atomic E-state index is 11.2. The molecule has 1 fully saturated rings. The van der Waals surface area contributed by atoms with Crippen LogP contribution in [0.5, 0.6) is 0 Å². The van der Waals surface area contributed by atoms with Crippen LogP contribution in [0.2, 0.25) is 0 Å². The first kappa shape index (κ1) is 13.9. The minimum Gasteiger partial charge on any atom is -0.466 e. The average Bonchev–Trinajstić information content (AvgIpc) is 2.89. The molecule has 0 spiro atoms. The van der Waals surface area contributed by atoms with Crippen LogP contribution in [0.3, 0.4) is 0 Å². The summed E-state index contributed by atoms with van der Waals surface area (Å²) in [5.74, 6) is 0.789. The van der Waals surface area contributed by atoms with Gasteiger partial charge in [-0.1, -0.05) is 42.1 Å². The fourth-order valence-electron chi connectivity index (χ4n) is 1.83. The van der Waals surface area contributed by atoms with Crippen molar-refractivity contribution in [3.8, 4) is 0 Å². The Morgan fingerprint density at radius 3 is 3.00 bits per heavy atom. The molecule has 19 heavy (non-hydrogen) atoms. The van der Waals surface area contributed by atoms with Crippen molar-refractivity contribution in [1.82, 2.24) is 5.32 Å². The predicted molar refractivity (Wildman–Crippen MR) is 78.3 cm³/mol. The molecule has 102 valence electrons.